The number of aromatic nitrogens is 1. The van der Waals surface area contributed by atoms with Gasteiger partial charge in [-0.2, -0.15) is 5.26 Å². The van der Waals surface area contributed by atoms with Gasteiger partial charge in [0.25, 0.3) is 0 Å². The molecule has 0 radical (unpaired) electrons. The van der Waals surface area contributed by atoms with Gasteiger partial charge in [-0.05, 0) is 43.5 Å². The zero-order valence-corrected chi connectivity index (χ0v) is 15.2. The van der Waals surface area contributed by atoms with Gasteiger partial charge in [0, 0.05) is 44.2 Å². The summed E-state index contributed by atoms with van der Waals surface area (Å²) in [4.78, 5) is 20.7. The summed E-state index contributed by atoms with van der Waals surface area (Å²) in [5.41, 5.74) is 4.88. The van der Waals surface area contributed by atoms with E-state index >= 15 is 0 Å². The second-order valence-electron chi connectivity index (χ2n) is 6.66. The summed E-state index contributed by atoms with van der Waals surface area (Å²) in [7, 11) is 0. The minimum absolute atomic E-state index is 0.202. The molecule has 2 aromatic rings. The van der Waals surface area contributed by atoms with Crippen molar-refractivity contribution in [3.05, 3.63) is 35.0 Å². The van der Waals surface area contributed by atoms with E-state index in [2.05, 4.69) is 41.9 Å². The Balaban J connectivity index is 2.03. The smallest absolute Gasteiger partial charge is 0.222 e. The lowest BCUT2D eigenvalue weighted by atomic mass is 10.0. The van der Waals surface area contributed by atoms with Crippen molar-refractivity contribution in [2.24, 2.45) is 0 Å². The Morgan fingerprint density at radius 1 is 1.20 bits per heavy atom. The van der Waals surface area contributed by atoms with Gasteiger partial charge in [0.1, 0.15) is 6.07 Å². The van der Waals surface area contributed by atoms with Crippen molar-refractivity contribution >= 4 is 22.5 Å². The highest BCUT2D eigenvalue weighted by molar-refractivity contribution is 5.95. The average molecular weight is 336 g/mol. The first-order valence-corrected chi connectivity index (χ1v) is 8.88. The number of aryl methyl sites for hydroxylation is 2. The third-order valence-electron chi connectivity index (χ3n) is 5.04. The van der Waals surface area contributed by atoms with Gasteiger partial charge >= 0.3 is 0 Å². The number of nitriles is 1. The van der Waals surface area contributed by atoms with Crippen LogP contribution in [0.3, 0.4) is 0 Å². The molecule has 25 heavy (non-hydrogen) atoms. The zero-order valence-electron chi connectivity index (χ0n) is 15.2. The van der Waals surface area contributed by atoms with Crippen LogP contribution in [-0.4, -0.2) is 42.0 Å². The monoisotopic (exact) mass is 336 g/mol. The van der Waals surface area contributed by atoms with E-state index in [1.165, 1.54) is 11.1 Å². The lowest BCUT2D eigenvalue weighted by molar-refractivity contribution is -0.130. The second kappa shape index (κ2) is 7.10. The maximum Gasteiger partial charge on any atom is 0.222 e. The SMILES string of the molecule is CCC(=O)N1CCCN(c2c(C#N)cnc3cc(C)c(C)cc23)CC1. The summed E-state index contributed by atoms with van der Waals surface area (Å²) in [5.74, 6) is 0.202. The molecule has 5 heteroatoms. The number of fused-ring (bicyclic) bond motifs is 1. The molecule has 1 aliphatic heterocycles. The number of anilines is 1. The number of hydrogen-bond acceptors (Lipinski definition) is 4. The molecule has 5 nitrogen and oxygen atoms in total. The van der Waals surface area contributed by atoms with Gasteiger partial charge in [0.15, 0.2) is 0 Å². The van der Waals surface area contributed by atoms with Crippen LogP contribution < -0.4 is 4.90 Å². The van der Waals surface area contributed by atoms with E-state index in [1.807, 2.05) is 11.8 Å². The third kappa shape index (κ3) is 3.30. The largest absolute Gasteiger partial charge is 0.368 e. The number of benzene rings is 1. The summed E-state index contributed by atoms with van der Waals surface area (Å²) in [6, 6.07) is 6.52. The molecule has 0 unspecified atom stereocenters. The highest BCUT2D eigenvalue weighted by Crippen LogP contribution is 2.32. The lowest BCUT2D eigenvalue weighted by Crippen LogP contribution is -2.35. The van der Waals surface area contributed by atoms with Gasteiger partial charge < -0.3 is 9.80 Å². The number of amides is 1. The number of rotatable bonds is 2. The standard InChI is InChI=1S/C20H24N4O/c1-4-19(25)23-6-5-7-24(9-8-23)20-16(12-21)13-22-18-11-15(3)14(2)10-17(18)20/h10-11,13H,4-9H2,1-3H3. The maximum absolute atomic E-state index is 12.0. The van der Waals surface area contributed by atoms with Gasteiger partial charge in [0.05, 0.1) is 16.8 Å². The topological polar surface area (TPSA) is 60.2 Å². The lowest BCUT2D eigenvalue weighted by Gasteiger charge is -2.26. The fourth-order valence-electron chi connectivity index (χ4n) is 3.47. The first-order chi connectivity index (χ1) is 12.0. The van der Waals surface area contributed by atoms with E-state index in [1.54, 1.807) is 6.20 Å². The fourth-order valence-corrected chi connectivity index (χ4v) is 3.47. The summed E-state index contributed by atoms with van der Waals surface area (Å²) >= 11 is 0. The molecule has 0 spiro atoms. The highest BCUT2D eigenvalue weighted by atomic mass is 16.2. The Labute approximate surface area is 148 Å². The molecular formula is C20H24N4O. The summed E-state index contributed by atoms with van der Waals surface area (Å²) in [6.07, 6.45) is 3.12. The van der Waals surface area contributed by atoms with Crippen molar-refractivity contribution in [3.8, 4) is 6.07 Å². The Kier molecular flexibility index (Phi) is 4.89. The summed E-state index contributed by atoms with van der Waals surface area (Å²) in [6.45, 7) is 9.13. The first-order valence-electron chi connectivity index (χ1n) is 8.88. The van der Waals surface area contributed by atoms with Crippen molar-refractivity contribution in [1.82, 2.24) is 9.88 Å². The van der Waals surface area contributed by atoms with Crippen LogP contribution in [0, 0.1) is 25.2 Å². The number of carbonyl (C=O) groups excluding carboxylic acids is 1. The van der Waals surface area contributed by atoms with E-state index < -0.39 is 0 Å². The normalized spacial score (nSPS) is 15.1. The number of carbonyl (C=O) groups is 1. The molecule has 1 aliphatic rings. The molecule has 0 aliphatic carbocycles. The van der Waals surface area contributed by atoms with Crippen LogP contribution in [0.2, 0.25) is 0 Å². The molecule has 1 aromatic heterocycles. The van der Waals surface area contributed by atoms with Crippen molar-refractivity contribution in [2.45, 2.75) is 33.6 Å². The predicted octanol–water partition coefficient (Wildman–Crippen LogP) is 3.17. The highest BCUT2D eigenvalue weighted by Gasteiger charge is 2.22. The van der Waals surface area contributed by atoms with Crippen LogP contribution >= 0.6 is 0 Å². The minimum atomic E-state index is 0.202. The maximum atomic E-state index is 12.0. The van der Waals surface area contributed by atoms with Crippen LogP contribution in [0.15, 0.2) is 18.3 Å². The van der Waals surface area contributed by atoms with Crippen LogP contribution in [0.4, 0.5) is 5.69 Å². The van der Waals surface area contributed by atoms with Crippen molar-refractivity contribution in [3.63, 3.8) is 0 Å². The second-order valence-corrected chi connectivity index (χ2v) is 6.66. The zero-order chi connectivity index (χ0) is 18.0. The van der Waals surface area contributed by atoms with Crippen LogP contribution in [0.25, 0.3) is 10.9 Å². The molecule has 0 N–H and O–H groups in total. The van der Waals surface area contributed by atoms with Crippen molar-refractivity contribution < 1.29 is 4.79 Å². The molecule has 0 saturated carbocycles. The Hall–Kier alpha value is -2.61. The molecular weight excluding hydrogens is 312 g/mol. The number of pyridine rings is 1. The molecule has 1 saturated heterocycles. The molecule has 1 aromatic carbocycles. The average Bonchev–Trinajstić information content (AvgIpc) is 2.87. The molecule has 130 valence electrons. The molecule has 0 bridgehead atoms. The van der Waals surface area contributed by atoms with Crippen molar-refractivity contribution in [2.75, 3.05) is 31.1 Å². The third-order valence-corrected chi connectivity index (χ3v) is 5.04. The van der Waals surface area contributed by atoms with E-state index in [4.69, 9.17) is 0 Å². The van der Waals surface area contributed by atoms with E-state index in [0.717, 1.165) is 42.6 Å². The molecule has 1 fully saturated rings. The summed E-state index contributed by atoms with van der Waals surface area (Å²) < 4.78 is 0. The molecule has 0 atom stereocenters. The van der Waals surface area contributed by atoms with Gasteiger partial charge in [0.2, 0.25) is 5.91 Å². The van der Waals surface area contributed by atoms with Crippen LogP contribution in [0.5, 0.6) is 0 Å². The van der Waals surface area contributed by atoms with Gasteiger partial charge in [-0.3, -0.25) is 9.78 Å². The van der Waals surface area contributed by atoms with E-state index in [9.17, 15) is 10.1 Å². The van der Waals surface area contributed by atoms with Gasteiger partial charge in [-0.25, -0.2) is 0 Å². The summed E-state index contributed by atoms with van der Waals surface area (Å²) in [5, 5.41) is 10.6. The van der Waals surface area contributed by atoms with Gasteiger partial charge in [-0.1, -0.05) is 6.92 Å². The van der Waals surface area contributed by atoms with E-state index in [0.29, 0.717) is 18.5 Å². The minimum Gasteiger partial charge on any atom is -0.368 e. The quantitative estimate of drug-likeness (QED) is 0.845. The number of hydrogen-bond donors (Lipinski definition) is 0. The predicted molar refractivity (Wildman–Crippen MR) is 99.6 cm³/mol. The Morgan fingerprint density at radius 2 is 1.96 bits per heavy atom. The first kappa shape index (κ1) is 17.2. The van der Waals surface area contributed by atoms with Gasteiger partial charge in [-0.15, -0.1) is 0 Å². The number of nitrogens with zero attached hydrogens (tertiary/aromatic N) is 4. The van der Waals surface area contributed by atoms with Crippen LogP contribution in [-0.2, 0) is 4.79 Å². The molecule has 3 rings (SSSR count). The van der Waals surface area contributed by atoms with Crippen molar-refractivity contribution in [1.29, 1.82) is 5.26 Å². The Morgan fingerprint density at radius 3 is 2.68 bits per heavy atom. The molecule has 2 heterocycles. The van der Waals surface area contributed by atoms with Crippen LogP contribution in [0.1, 0.15) is 36.5 Å². The van der Waals surface area contributed by atoms with E-state index in [-0.39, 0.29) is 5.91 Å². The fraction of sp³-hybridized carbons (Fsp3) is 0.450. The Bertz CT molecular complexity index is 853. The molecule has 1 amide bonds.